The largest absolute Gasteiger partial charge is 0.489 e. The highest BCUT2D eigenvalue weighted by atomic mass is 16.5. The molecule has 1 N–H and O–H groups in total. The number of nitrogens with one attached hydrogen (secondary N) is 1. The maximum absolute atomic E-state index is 12.4. The SMILES string of the molecule is CC(=O)N(CCC(=O)Nc1ccccc1OC(C)C)Cc1ccccc1C. The number of carbonyl (C=O) groups is 2. The first kappa shape index (κ1) is 20.5. The van der Waals surface area contributed by atoms with E-state index in [-0.39, 0.29) is 24.3 Å². The summed E-state index contributed by atoms with van der Waals surface area (Å²) in [6, 6.07) is 15.3. The minimum Gasteiger partial charge on any atom is -0.489 e. The van der Waals surface area contributed by atoms with Crippen molar-refractivity contribution in [3.05, 3.63) is 59.7 Å². The Hall–Kier alpha value is -2.82. The highest BCUT2D eigenvalue weighted by molar-refractivity contribution is 5.92. The van der Waals surface area contributed by atoms with Gasteiger partial charge in [0.2, 0.25) is 11.8 Å². The minimum absolute atomic E-state index is 0.0189. The Morgan fingerprint density at radius 3 is 2.41 bits per heavy atom. The van der Waals surface area contributed by atoms with Gasteiger partial charge in [-0.3, -0.25) is 9.59 Å². The second-order valence-corrected chi connectivity index (χ2v) is 6.83. The van der Waals surface area contributed by atoms with E-state index in [1.165, 1.54) is 6.92 Å². The molecule has 27 heavy (non-hydrogen) atoms. The van der Waals surface area contributed by atoms with Gasteiger partial charge in [0, 0.05) is 26.4 Å². The molecule has 0 aliphatic heterocycles. The zero-order chi connectivity index (χ0) is 19.8. The predicted octanol–water partition coefficient (Wildman–Crippen LogP) is 4.16. The van der Waals surface area contributed by atoms with Crippen LogP contribution in [0, 0.1) is 6.92 Å². The number of carbonyl (C=O) groups excluding carboxylic acids is 2. The van der Waals surface area contributed by atoms with Crippen LogP contribution in [0.25, 0.3) is 0 Å². The molecule has 0 spiro atoms. The fourth-order valence-corrected chi connectivity index (χ4v) is 2.72. The molecule has 144 valence electrons. The van der Waals surface area contributed by atoms with Crippen LogP contribution in [0.1, 0.15) is 38.3 Å². The highest BCUT2D eigenvalue weighted by Gasteiger charge is 2.14. The molecule has 0 bridgehead atoms. The van der Waals surface area contributed by atoms with Gasteiger partial charge in [-0.15, -0.1) is 0 Å². The highest BCUT2D eigenvalue weighted by Crippen LogP contribution is 2.25. The minimum atomic E-state index is -0.147. The molecule has 0 saturated carbocycles. The predicted molar refractivity (Wildman–Crippen MR) is 108 cm³/mol. The first-order chi connectivity index (χ1) is 12.9. The molecule has 0 aliphatic carbocycles. The lowest BCUT2D eigenvalue weighted by molar-refractivity contribution is -0.129. The summed E-state index contributed by atoms with van der Waals surface area (Å²) in [6.07, 6.45) is 0.243. The monoisotopic (exact) mass is 368 g/mol. The lowest BCUT2D eigenvalue weighted by atomic mass is 10.1. The third-order valence-corrected chi connectivity index (χ3v) is 4.20. The Labute approximate surface area is 161 Å². The molecular formula is C22H28N2O3. The Morgan fingerprint density at radius 2 is 1.74 bits per heavy atom. The van der Waals surface area contributed by atoms with Gasteiger partial charge in [-0.05, 0) is 44.0 Å². The summed E-state index contributed by atoms with van der Waals surface area (Å²) >= 11 is 0. The average molecular weight is 368 g/mol. The summed E-state index contributed by atoms with van der Waals surface area (Å²) in [5.41, 5.74) is 2.86. The van der Waals surface area contributed by atoms with Crippen LogP contribution in [-0.4, -0.2) is 29.4 Å². The van der Waals surface area contributed by atoms with Gasteiger partial charge in [0.05, 0.1) is 11.8 Å². The van der Waals surface area contributed by atoms with Gasteiger partial charge in [-0.25, -0.2) is 0 Å². The van der Waals surface area contributed by atoms with E-state index in [9.17, 15) is 9.59 Å². The summed E-state index contributed by atoms with van der Waals surface area (Å²) in [6.45, 7) is 8.29. The summed E-state index contributed by atoms with van der Waals surface area (Å²) in [7, 11) is 0. The average Bonchev–Trinajstić information content (AvgIpc) is 2.61. The normalized spacial score (nSPS) is 10.6. The molecule has 5 nitrogen and oxygen atoms in total. The standard InChI is InChI=1S/C22H28N2O3/c1-16(2)27-21-12-8-7-11-20(21)23-22(26)13-14-24(18(4)25)15-19-10-6-5-9-17(19)3/h5-12,16H,13-15H2,1-4H3,(H,23,26). The molecule has 2 amide bonds. The van der Waals surface area contributed by atoms with Crippen molar-refractivity contribution in [1.29, 1.82) is 0 Å². The number of rotatable bonds is 8. The van der Waals surface area contributed by atoms with E-state index in [1.807, 2.05) is 69.3 Å². The van der Waals surface area contributed by atoms with Crippen molar-refractivity contribution in [3.8, 4) is 5.75 Å². The molecule has 0 aliphatic rings. The number of ether oxygens (including phenoxy) is 1. The van der Waals surface area contributed by atoms with Gasteiger partial charge in [-0.2, -0.15) is 0 Å². The number of benzene rings is 2. The van der Waals surface area contributed by atoms with Gasteiger partial charge in [0.15, 0.2) is 0 Å². The van der Waals surface area contributed by atoms with Gasteiger partial charge >= 0.3 is 0 Å². The van der Waals surface area contributed by atoms with Crippen molar-refractivity contribution in [3.63, 3.8) is 0 Å². The van der Waals surface area contributed by atoms with E-state index in [2.05, 4.69) is 5.32 Å². The number of hydrogen-bond acceptors (Lipinski definition) is 3. The lowest BCUT2D eigenvalue weighted by Gasteiger charge is -2.22. The number of amides is 2. The van der Waals surface area contributed by atoms with Crippen LogP contribution in [0.3, 0.4) is 0 Å². The van der Waals surface area contributed by atoms with E-state index in [4.69, 9.17) is 4.74 Å². The van der Waals surface area contributed by atoms with Crippen LogP contribution in [0.2, 0.25) is 0 Å². The smallest absolute Gasteiger partial charge is 0.226 e. The van der Waals surface area contributed by atoms with Crippen LogP contribution in [0.4, 0.5) is 5.69 Å². The van der Waals surface area contributed by atoms with E-state index in [1.54, 1.807) is 4.90 Å². The van der Waals surface area contributed by atoms with Gasteiger partial charge < -0.3 is 15.0 Å². The third-order valence-electron chi connectivity index (χ3n) is 4.20. The van der Waals surface area contributed by atoms with Crippen molar-refractivity contribution in [2.24, 2.45) is 0 Å². The lowest BCUT2D eigenvalue weighted by Crippen LogP contribution is -2.31. The van der Waals surface area contributed by atoms with Gasteiger partial charge in [0.1, 0.15) is 5.75 Å². The fraction of sp³-hybridized carbons (Fsp3) is 0.364. The third kappa shape index (κ3) is 6.44. The molecule has 0 unspecified atom stereocenters. The van der Waals surface area contributed by atoms with E-state index in [0.717, 1.165) is 11.1 Å². The number of nitrogens with zero attached hydrogens (tertiary/aromatic N) is 1. The number of anilines is 1. The molecule has 0 atom stereocenters. The molecule has 0 saturated heterocycles. The van der Waals surface area contributed by atoms with E-state index < -0.39 is 0 Å². The Bertz CT molecular complexity index is 787. The maximum Gasteiger partial charge on any atom is 0.226 e. The Morgan fingerprint density at radius 1 is 1.07 bits per heavy atom. The summed E-state index contributed by atoms with van der Waals surface area (Å²) < 4.78 is 5.72. The van der Waals surface area contributed by atoms with Crippen molar-refractivity contribution in [2.45, 2.75) is 46.8 Å². The zero-order valence-electron chi connectivity index (χ0n) is 16.5. The second-order valence-electron chi connectivity index (χ2n) is 6.83. The van der Waals surface area contributed by atoms with E-state index >= 15 is 0 Å². The maximum atomic E-state index is 12.4. The van der Waals surface area contributed by atoms with Crippen LogP contribution in [0.5, 0.6) is 5.75 Å². The van der Waals surface area contributed by atoms with Crippen LogP contribution in [0.15, 0.2) is 48.5 Å². The quantitative estimate of drug-likeness (QED) is 0.761. The second kappa shape index (κ2) is 9.76. The molecule has 2 aromatic rings. The Balaban J connectivity index is 1.97. The van der Waals surface area contributed by atoms with Gasteiger partial charge in [0.25, 0.3) is 0 Å². The van der Waals surface area contributed by atoms with Gasteiger partial charge in [-0.1, -0.05) is 36.4 Å². The van der Waals surface area contributed by atoms with Crippen molar-refractivity contribution < 1.29 is 14.3 Å². The summed E-state index contributed by atoms with van der Waals surface area (Å²) in [5, 5.41) is 2.88. The first-order valence-corrected chi connectivity index (χ1v) is 9.22. The van der Waals surface area contributed by atoms with Crippen molar-refractivity contribution in [1.82, 2.24) is 4.90 Å². The zero-order valence-corrected chi connectivity index (χ0v) is 16.5. The summed E-state index contributed by atoms with van der Waals surface area (Å²) in [4.78, 5) is 26.1. The Kier molecular flexibility index (Phi) is 7.41. The first-order valence-electron chi connectivity index (χ1n) is 9.22. The molecule has 0 radical (unpaired) electrons. The number of para-hydroxylation sites is 2. The van der Waals surface area contributed by atoms with Crippen molar-refractivity contribution >= 4 is 17.5 Å². The molecule has 0 aromatic heterocycles. The summed E-state index contributed by atoms with van der Waals surface area (Å²) in [5.74, 6) is 0.449. The molecule has 5 heteroatoms. The topological polar surface area (TPSA) is 58.6 Å². The van der Waals surface area contributed by atoms with Crippen molar-refractivity contribution in [2.75, 3.05) is 11.9 Å². The fourth-order valence-electron chi connectivity index (χ4n) is 2.72. The van der Waals surface area contributed by atoms with Crippen LogP contribution < -0.4 is 10.1 Å². The molecule has 0 fully saturated rings. The van der Waals surface area contributed by atoms with Crippen LogP contribution >= 0.6 is 0 Å². The van der Waals surface area contributed by atoms with E-state index in [0.29, 0.717) is 24.5 Å². The number of aryl methyl sites for hydroxylation is 1. The van der Waals surface area contributed by atoms with Crippen LogP contribution in [-0.2, 0) is 16.1 Å². The molecular weight excluding hydrogens is 340 g/mol. The number of hydrogen-bond donors (Lipinski definition) is 1. The molecule has 2 aromatic carbocycles. The molecule has 2 rings (SSSR count). The molecule has 0 heterocycles.